The van der Waals surface area contributed by atoms with Crippen LogP contribution >= 0.6 is 0 Å². The van der Waals surface area contributed by atoms with Crippen LogP contribution in [0.25, 0.3) is 10.8 Å². The molecule has 0 fully saturated rings. The number of ether oxygens (including phenoxy) is 1. The van der Waals surface area contributed by atoms with Crippen molar-refractivity contribution in [1.29, 1.82) is 0 Å². The molecule has 0 aliphatic rings. The van der Waals surface area contributed by atoms with Crippen molar-refractivity contribution in [3.63, 3.8) is 0 Å². The zero-order valence-corrected chi connectivity index (χ0v) is 17.3. The predicted molar refractivity (Wildman–Crippen MR) is 120 cm³/mol. The standard InChI is InChI=1S/C24H25N3O4/c1-2-25-23(29)16-31-21-11-9-20(10-12-21)27-22(28)13-14-26-24(30)19-8-7-17-5-3-4-6-18(17)15-19/h3-12,15H,2,13-14,16H2,1H3,(H,25,29)(H,26,30)(H,27,28). The van der Waals surface area contributed by atoms with E-state index in [0.29, 0.717) is 23.5 Å². The minimum atomic E-state index is -0.216. The van der Waals surface area contributed by atoms with Gasteiger partial charge in [0.05, 0.1) is 0 Å². The third-order valence-electron chi connectivity index (χ3n) is 4.53. The quantitative estimate of drug-likeness (QED) is 0.497. The Balaban J connectivity index is 1.42. The van der Waals surface area contributed by atoms with Crippen molar-refractivity contribution in [3.05, 3.63) is 72.3 Å². The lowest BCUT2D eigenvalue weighted by atomic mass is 10.1. The van der Waals surface area contributed by atoms with Gasteiger partial charge in [0.1, 0.15) is 5.75 Å². The minimum Gasteiger partial charge on any atom is -0.484 e. The Labute approximate surface area is 180 Å². The fourth-order valence-corrected chi connectivity index (χ4v) is 2.98. The van der Waals surface area contributed by atoms with Crippen LogP contribution in [0, 0.1) is 0 Å². The first-order chi connectivity index (χ1) is 15.0. The third kappa shape index (κ3) is 6.57. The molecule has 0 aliphatic heterocycles. The van der Waals surface area contributed by atoms with Crippen molar-refractivity contribution >= 4 is 34.2 Å². The number of nitrogens with one attached hydrogen (secondary N) is 3. The molecular weight excluding hydrogens is 394 g/mol. The summed E-state index contributed by atoms with van der Waals surface area (Å²) in [4.78, 5) is 35.9. The van der Waals surface area contributed by atoms with Gasteiger partial charge in [-0.1, -0.05) is 30.3 Å². The summed E-state index contributed by atoms with van der Waals surface area (Å²) >= 11 is 0. The highest BCUT2D eigenvalue weighted by atomic mass is 16.5. The third-order valence-corrected chi connectivity index (χ3v) is 4.53. The van der Waals surface area contributed by atoms with Crippen molar-refractivity contribution in [3.8, 4) is 5.75 Å². The molecule has 31 heavy (non-hydrogen) atoms. The van der Waals surface area contributed by atoms with Crippen molar-refractivity contribution in [2.45, 2.75) is 13.3 Å². The molecule has 0 aliphatic carbocycles. The number of benzene rings is 3. The number of fused-ring (bicyclic) bond motifs is 1. The van der Waals surface area contributed by atoms with Gasteiger partial charge in [0.25, 0.3) is 11.8 Å². The number of hydrogen-bond donors (Lipinski definition) is 3. The minimum absolute atomic E-state index is 0.0591. The van der Waals surface area contributed by atoms with Gasteiger partial charge in [-0.25, -0.2) is 0 Å². The first kappa shape index (κ1) is 21.8. The van der Waals surface area contributed by atoms with Gasteiger partial charge in [0, 0.05) is 30.8 Å². The van der Waals surface area contributed by atoms with E-state index >= 15 is 0 Å². The van der Waals surface area contributed by atoms with Crippen LogP contribution in [-0.2, 0) is 9.59 Å². The molecule has 0 unspecified atom stereocenters. The Morgan fingerprint density at radius 2 is 1.58 bits per heavy atom. The summed E-state index contributed by atoms with van der Waals surface area (Å²) in [5.41, 5.74) is 1.17. The number of amides is 3. The van der Waals surface area contributed by atoms with Gasteiger partial charge in [-0.2, -0.15) is 0 Å². The van der Waals surface area contributed by atoms with Crippen molar-refractivity contribution in [2.75, 3.05) is 25.0 Å². The fourth-order valence-electron chi connectivity index (χ4n) is 2.98. The first-order valence-corrected chi connectivity index (χ1v) is 10.1. The predicted octanol–water partition coefficient (Wildman–Crippen LogP) is 3.11. The van der Waals surface area contributed by atoms with E-state index in [0.717, 1.165) is 10.8 Å². The van der Waals surface area contributed by atoms with E-state index in [2.05, 4.69) is 16.0 Å². The highest BCUT2D eigenvalue weighted by molar-refractivity contribution is 5.99. The summed E-state index contributed by atoms with van der Waals surface area (Å²) < 4.78 is 5.37. The normalized spacial score (nSPS) is 10.4. The second kappa shape index (κ2) is 10.8. The molecule has 3 N–H and O–H groups in total. The average molecular weight is 419 g/mol. The summed E-state index contributed by atoms with van der Waals surface area (Å²) in [7, 11) is 0. The second-order valence-electron chi connectivity index (χ2n) is 6.88. The smallest absolute Gasteiger partial charge is 0.257 e. The van der Waals surface area contributed by atoms with Crippen molar-refractivity contribution < 1.29 is 19.1 Å². The van der Waals surface area contributed by atoms with Crippen LogP contribution in [0.2, 0.25) is 0 Å². The van der Waals surface area contributed by atoms with E-state index in [1.165, 1.54) is 0 Å². The topological polar surface area (TPSA) is 96.5 Å². The maximum atomic E-state index is 12.3. The summed E-state index contributed by atoms with van der Waals surface area (Å²) in [5, 5.41) is 10.2. The maximum Gasteiger partial charge on any atom is 0.257 e. The number of carbonyl (C=O) groups is 3. The van der Waals surface area contributed by atoms with E-state index < -0.39 is 0 Å². The van der Waals surface area contributed by atoms with E-state index in [1.807, 2.05) is 43.3 Å². The van der Waals surface area contributed by atoms with Gasteiger partial charge in [-0.05, 0) is 54.1 Å². The van der Waals surface area contributed by atoms with E-state index in [4.69, 9.17) is 4.74 Å². The van der Waals surface area contributed by atoms with Gasteiger partial charge in [0.2, 0.25) is 5.91 Å². The lowest BCUT2D eigenvalue weighted by molar-refractivity contribution is -0.123. The fraction of sp³-hybridized carbons (Fsp3) is 0.208. The highest BCUT2D eigenvalue weighted by Gasteiger charge is 2.08. The van der Waals surface area contributed by atoms with Gasteiger partial charge in [-0.15, -0.1) is 0 Å². The van der Waals surface area contributed by atoms with E-state index in [1.54, 1.807) is 30.3 Å². The first-order valence-electron chi connectivity index (χ1n) is 10.1. The molecule has 0 bridgehead atoms. The molecular formula is C24H25N3O4. The summed E-state index contributed by atoms with van der Waals surface area (Å²) in [6.07, 6.45) is 0.148. The molecule has 0 aromatic heterocycles. The molecule has 0 atom stereocenters. The largest absolute Gasteiger partial charge is 0.484 e. The zero-order valence-electron chi connectivity index (χ0n) is 17.3. The second-order valence-corrected chi connectivity index (χ2v) is 6.88. The Kier molecular flexibility index (Phi) is 7.59. The Hall–Kier alpha value is -3.87. The van der Waals surface area contributed by atoms with Crippen LogP contribution in [0.4, 0.5) is 5.69 Å². The highest BCUT2D eigenvalue weighted by Crippen LogP contribution is 2.16. The van der Waals surface area contributed by atoms with E-state index in [-0.39, 0.29) is 37.3 Å². The summed E-state index contributed by atoms with van der Waals surface area (Å²) in [6.45, 7) is 2.56. The molecule has 3 aromatic carbocycles. The molecule has 7 heteroatoms. The van der Waals surface area contributed by atoms with Gasteiger partial charge < -0.3 is 20.7 Å². The van der Waals surface area contributed by atoms with Gasteiger partial charge in [0.15, 0.2) is 6.61 Å². The molecule has 0 spiro atoms. The van der Waals surface area contributed by atoms with Crippen LogP contribution in [0.5, 0.6) is 5.75 Å². The molecule has 3 aromatic rings. The Morgan fingerprint density at radius 3 is 2.32 bits per heavy atom. The molecule has 7 nitrogen and oxygen atoms in total. The maximum absolute atomic E-state index is 12.3. The molecule has 160 valence electrons. The number of carbonyl (C=O) groups excluding carboxylic acids is 3. The van der Waals surface area contributed by atoms with Crippen LogP contribution in [0.3, 0.4) is 0 Å². The molecule has 3 rings (SSSR count). The van der Waals surface area contributed by atoms with Gasteiger partial charge >= 0.3 is 0 Å². The monoisotopic (exact) mass is 419 g/mol. The summed E-state index contributed by atoms with van der Waals surface area (Å²) in [6, 6.07) is 20.1. The van der Waals surface area contributed by atoms with Crippen LogP contribution in [-0.4, -0.2) is 37.4 Å². The SMILES string of the molecule is CCNC(=O)COc1ccc(NC(=O)CCNC(=O)c2ccc3ccccc3c2)cc1. The number of anilines is 1. The Morgan fingerprint density at radius 1 is 0.839 bits per heavy atom. The van der Waals surface area contributed by atoms with Crippen LogP contribution in [0.1, 0.15) is 23.7 Å². The molecule has 0 saturated carbocycles. The van der Waals surface area contributed by atoms with Gasteiger partial charge in [-0.3, -0.25) is 14.4 Å². The zero-order chi connectivity index (χ0) is 22.1. The van der Waals surface area contributed by atoms with E-state index in [9.17, 15) is 14.4 Å². The van der Waals surface area contributed by atoms with Crippen LogP contribution < -0.4 is 20.7 Å². The van der Waals surface area contributed by atoms with Crippen molar-refractivity contribution in [1.82, 2.24) is 10.6 Å². The lowest BCUT2D eigenvalue weighted by Gasteiger charge is -2.09. The molecule has 3 amide bonds. The number of hydrogen-bond acceptors (Lipinski definition) is 4. The number of rotatable bonds is 9. The summed E-state index contributed by atoms with van der Waals surface area (Å²) in [5.74, 6) is -0.0838. The van der Waals surface area contributed by atoms with Crippen molar-refractivity contribution in [2.24, 2.45) is 0 Å². The molecule has 0 heterocycles. The average Bonchev–Trinajstić information content (AvgIpc) is 2.78. The molecule has 0 saturated heterocycles. The van der Waals surface area contributed by atoms with Crippen LogP contribution in [0.15, 0.2) is 66.7 Å². The lowest BCUT2D eigenvalue weighted by Crippen LogP contribution is -2.28. The number of likely N-dealkylation sites (N-methyl/N-ethyl adjacent to an activating group) is 1. The molecule has 0 radical (unpaired) electrons. The Bertz CT molecular complexity index is 1060.